The number of aryl methyl sites for hydroxylation is 2. The SMILES string of the molecule is Cc1ccc(NC(=O)C2CCc3sc(C(=O)N(C)C)cc3C2)cc1F. The van der Waals surface area contributed by atoms with E-state index in [9.17, 15) is 14.0 Å². The molecule has 0 saturated heterocycles. The van der Waals surface area contributed by atoms with Gasteiger partial charge in [-0.25, -0.2) is 4.39 Å². The quantitative estimate of drug-likeness (QED) is 0.908. The van der Waals surface area contributed by atoms with Crippen LogP contribution in [-0.4, -0.2) is 30.8 Å². The summed E-state index contributed by atoms with van der Waals surface area (Å²) in [5.74, 6) is -0.585. The summed E-state index contributed by atoms with van der Waals surface area (Å²) >= 11 is 1.52. The summed E-state index contributed by atoms with van der Waals surface area (Å²) in [6.45, 7) is 1.69. The Bertz CT molecular complexity index is 829. The average molecular weight is 360 g/mol. The Morgan fingerprint density at radius 1 is 1.28 bits per heavy atom. The molecule has 2 amide bonds. The van der Waals surface area contributed by atoms with Crippen molar-refractivity contribution in [1.82, 2.24) is 4.90 Å². The van der Waals surface area contributed by atoms with Crippen molar-refractivity contribution in [1.29, 1.82) is 0 Å². The molecular weight excluding hydrogens is 339 g/mol. The summed E-state index contributed by atoms with van der Waals surface area (Å²) in [7, 11) is 3.47. The van der Waals surface area contributed by atoms with Crippen LogP contribution >= 0.6 is 11.3 Å². The minimum Gasteiger partial charge on any atom is -0.344 e. The number of nitrogens with one attached hydrogen (secondary N) is 1. The lowest BCUT2D eigenvalue weighted by Crippen LogP contribution is -2.27. The van der Waals surface area contributed by atoms with Gasteiger partial charge < -0.3 is 10.2 Å². The average Bonchev–Trinajstić information content (AvgIpc) is 3.00. The van der Waals surface area contributed by atoms with E-state index >= 15 is 0 Å². The predicted octanol–water partition coefficient (Wildman–Crippen LogP) is 3.64. The van der Waals surface area contributed by atoms with Gasteiger partial charge in [0.15, 0.2) is 0 Å². The summed E-state index contributed by atoms with van der Waals surface area (Å²) in [6.07, 6.45) is 2.15. The molecule has 0 fully saturated rings. The molecule has 2 aromatic rings. The molecule has 1 aliphatic rings. The monoisotopic (exact) mass is 360 g/mol. The summed E-state index contributed by atoms with van der Waals surface area (Å²) in [5.41, 5.74) is 2.11. The van der Waals surface area contributed by atoms with E-state index in [1.165, 1.54) is 22.3 Å². The minimum atomic E-state index is -0.326. The number of carbonyl (C=O) groups is 2. The summed E-state index contributed by atoms with van der Waals surface area (Å²) in [4.78, 5) is 28.1. The lowest BCUT2D eigenvalue weighted by Gasteiger charge is -2.21. The highest BCUT2D eigenvalue weighted by molar-refractivity contribution is 7.14. The fourth-order valence-corrected chi connectivity index (χ4v) is 4.22. The molecule has 0 spiro atoms. The van der Waals surface area contributed by atoms with E-state index in [0.29, 0.717) is 17.7 Å². The van der Waals surface area contributed by atoms with Crippen LogP contribution in [0.25, 0.3) is 0 Å². The molecule has 6 heteroatoms. The number of halogens is 1. The molecule has 1 aromatic heterocycles. The third-order valence-electron chi connectivity index (χ3n) is 4.51. The second-order valence-electron chi connectivity index (χ2n) is 6.65. The van der Waals surface area contributed by atoms with Gasteiger partial charge in [-0.1, -0.05) is 6.07 Å². The van der Waals surface area contributed by atoms with E-state index < -0.39 is 0 Å². The molecular formula is C19H21FN2O2S. The number of rotatable bonds is 3. The third kappa shape index (κ3) is 3.74. The van der Waals surface area contributed by atoms with Crippen LogP contribution < -0.4 is 5.32 Å². The molecule has 0 radical (unpaired) electrons. The van der Waals surface area contributed by atoms with Crippen LogP contribution in [0.2, 0.25) is 0 Å². The van der Waals surface area contributed by atoms with Crippen LogP contribution in [0.15, 0.2) is 24.3 Å². The first-order chi connectivity index (χ1) is 11.8. The molecule has 4 nitrogen and oxygen atoms in total. The predicted molar refractivity (Wildman–Crippen MR) is 97.6 cm³/mol. The van der Waals surface area contributed by atoms with Gasteiger partial charge in [0.2, 0.25) is 5.91 Å². The molecule has 3 rings (SSSR count). The smallest absolute Gasteiger partial charge is 0.263 e. The summed E-state index contributed by atoms with van der Waals surface area (Å²) < 4.78 is 13.6. The van der Waals surface area contributed by atoms with Gasteiger partial charge in [-0.15, -0.1) is 11.3 Å². The van der Waals surface area contributed by atoms with Crippen LogP contribution in [0.1, 0.15) is 32.1 Å². The molecule has 0 saturated carbocycles. The highest BCUT2D eigenvalue weighted by Gasteiger charge is 2.27. The van der Waals surface area contributed by atoms with Crippen LogP contribution in [-0.2, 0) is 17.6 Å². The Hall–Kier alpha value is -2.21. The summed E-state index contributed by atoms with van der Waals surface area (Å²) in [6, 6.07) is 6.62. The van der Waals surface area contributed by atoms with Crippen molar-refractivity contribution in [2.75, 3.05) is 19.4 Å². The number of hydrogen-bond acceptors (Lipinski definition) is 3. The van der Waals surface area contributed by atoms with Gasteiger partial charge >= 0.3 is 0 Å². The molecule has 132 valence electrons. The van der Waals surface area contributed by atoms with Crippen molar-refractivity contribution in [2.24, 2.45) is 5.92 Å². The Kier molecular flexibility index (Phi) is 4.90. The maximum Gasteiger partial charge on any atom is 0.263 e. The van der Waals surface area contributed by atoms with Crippen LogP contribution in [0.5, 0.6) is 0 Å². The Morgan fingerprint density at radius 3 is 2.72 bits per heavy atom. The maximum atomic E-state index is 13.6. The van der Waals surface area contributed by atoms with Gasteiger partial charge in [0.25, 0.3) is 5.91 Å². The lowest BCUT2D eigenvalue weighted by molar-refractivity contribution is -0.120. The molecule has 1 heterocycles. The number of amides is 2. The number of thiophene rings is 1. The second-order valence-corrected chi connectivity index (χ2v) is 7.79. The molecule has 1 aromatic carbocycles. The largest absolute Gasteiger partial charge is 0.344 e. The fraction of sp³-hybridized carbons (Fsp3) is 0.368. The van der Waals surface area contributed by atoms with E-state index in [-0.39, 0.29) is 23.5 Å². The number of hydrogen-bond donors (Lipinski definition) is 1. The Morgan fingerprint density at radius 2 is 2.04 bits per heavy atom. The highest BCUT2D eigenvalue weighted by atomic mass is 32.1. The number of fused-ring (bicyclic) bond motifs is 1. The Labute approximate surface area is 150 Å². The zero-order valence-corrected chi connectivity index (χ0v) is 15.4. The molecule has 1 N–H and O–H groups in total. The number of carbonyl (C=O) groups excluding carboxylic acids is 2. The summed E-state index contributed by atoms with van der Waals surface area (Å²) in [5, 5.41) is 2.81. The molecule has 0 bridgehead atoms. The first-order valence-electron chi connectivity index (χ1n) is 8.25. The van der Waals surface area contributed by atoms with Gasteiger partial charge in [0.1, 0.15) is 5.82 Å². The van der Waals surface area contributed by atoms with Gasteiger partial charge in [-0.05, 0) is 55.5 Å². The first kappa shape index (κ1) is 17.6. The van der Waals surface area contributed by atoms with Gasteiger partial charge in [-0.3, -0.25) is 9.59 Å². The zero-order valence-electron chi connectivity index (χ0n) is 14.6. The number of nitrogens with zero attached hydrogens (tertiary/aromatic N) is 1. The van der Waals surface area contributed by atoms with Crippen molar-refractivity contribution >= 4 is 28.8 Å². The number of anilines is 1. The normalized spacial score (nSPS) is 16.2. The Balaban J connectivity index is 1.70. The van der Waals surface area contributed by atoms with Crippen molar-refractivity contribution in [3.63, 3.8) is 0 Å². The highest BCUT2D eigenvalue weighted by Crippen LogP contribution is 2.33. The van der Waals surface area contributed by atoms with E-state index in [1.807, 2.05) is 6.07 Å². The molecule has 1 unspecified atom stereocenters. The second kappa shape index (κ2) is 6.96. The minimum absolute atomic E-state index is 0.00414. The number of benzene rings is 1. The molecule has 25 heavy (non-hydrogen) atoms. The fourth-order valence-electron chi connectivity index (χ4n) is 2.99. The van der Waals surface area contributed by atoms with E-state index in [2.05, 4.69) is 5.32 Å². The molecule has 0 aliphatic heterocycles. The van der Waals surface area contributed by atoms with Gasteiger partial charge in [-0.2, -0.15) is 0 Å². The van der Waals surface area contributed by atoms with Crippen molar-refractivity contribution in [3.05, 3.63) is 51.0 Å². The lowest BCUT2D eigenvalue weighted by atomic mass is 9.87. The maximum absolute atomic E-state index is 13.6. The zero-order chi connectivity index (χ0) is 18.1. The topological polar surface area (TPSA) is 49.4 Å². The first-order valence-corrected chi connectivity index (χ1v) is 9.07. The van der Waals surface area contributed by atoms with Crippen molar-refractivity contribution in [2.45, 2.75) is 26.2 Å². The van der Waals surface area contributed by atoms with E-state index in [0.717, 1.165) is 23.3 Å². The van der Waals surface area contributed by atoms with E-state index in [4.69, 9.17) is 0 Å². The van der Waals surface area contributed by atoms with Crippen molar-refractivity contribution < 1.29 is 14.0 Å². The molecule has 1 aliphatic carbocycles. The molecule has 1 atom stereocenters. The van der Waals surface area contributed by atoms with Crippen molar-refractivity contribution in [3.8, 4) is 0 Å². The van der Waals surface area contributed by atoms with Gasteiger partial charge in [0, 0.05) is 30.6 Å². The standard InChI is InChI=1S/C19H21FN2O2S/c1-11-4-6-14(10-15(11)20)21-18(23)12-5-7-16-13(8-12)9-17(25-16)19(24)22(2)3/h4,6,9-10,12H,5,7-8H2,1-3H3,(H,21,23). The van der Waals surface area contributed by atoms with Crippen LogP contribution in [0, 0.1) is 18.7 Å². The van der Waals surface area contributed by atoms with Crippen LogP contribution in [0.3, 0.4) is 0 Å². The third-order valence-corrected chi connectivity index (χ3v) is 5.74. The van der Waals surface area contributed by atoms with E-state index in [1.54, 1.807) is 38.1 Å². The van der Waals surface area contributed by atoms with Crippen LogP contribution in [0.4, 0.5) is 10.1 Å². The van der Waals surface area contributed by atoms with Gasteiger partial charge in [0.05, 0.1) is 4.88 Å².